The van der Waals surface area contributed by atoms with Crippen LogP contribution in [-0.4, -0.2) is 246 Å². The van der Waals surface area contributed by atoms with Gasteiger partial charge in [0.15, 0.2) is 19.8 Å². The lowest BCUT2D eigenvalue weighted by molar-refractivity contribution is -0.139. The molecule has 0 saturated carbocycles. The third-order valence-electron chi connectivity index (χ3n) is 22.5. The van der Waals surface area contributed by atoms with E-state index in [0.717, 1.165) is 135 Å². The van der Waals surface area contributed by atoms with Crippen LogP contribution in [0.2, 0.25) is 40.2 Å². The summed E-state index contributed by atoms with van der Waals surface area (Å²) < 4.78 is 54.6. The van der Waals surface area contributed by atoms with Crippen molar-refractivity contribution in [1.82, 2.24) is 46.2 Å². The number of ether oxygens (including phenoxy) is 10. The molecule has 8 N–H and O–H groups in total. The van der Waals surface area contributed by atoms with E-state index in [1.165, 1.54) is 6.42 Å². The van der Waals surface area contributed by atoms with Crippen LogP contribution < -0.4 is 70.2 Å². The molecule has 26 nitrogen and oxygen atoms in total. The molecule has 13 rings (SSSR count). The predicted octanol–water partition coefficient (Wildman–Crippen LogP) is 21.7. The van der Waals surface area contributed by atoms with Gasteiger partial charge in [-0.25, -0.2) is 14.4 Å². The standard InChI is InChI=1S/2C22H26Cl2N2O3.C19H29ClN2O3.C14H21ClN2O.C11H22N2O2.C8H8BrClO.C8H7ClO3.ClH/c2*1-16-12-17(13-25-22(27)15-29-21-8-4-19(24)5-9-21)14-26(16)10-11-28-20-6-2-18(23)3-7-20;1-14-11-15(12-21-18(23)25-19(2,3)4)13-22(14)9-10-24-17-7-5-16(20)6-8-17;1-11-8-12(9-16)10-17(11)6-7-18-14-4-2-13(15)3-5-14;1-8-5-9(6-12-8)7-13-10(14)15-11(2,3)4;9-5-6-11-8-3-1-7(10)2-4-8;9-6-1-3-7(4-2-6)12-5-8(10)11;/h2*2-9,16-17H,10-15H2,1H3,(H,25,27);5-8,14-15H,9-13H2,1-4H3,(H,21,23);2-5,11-12H,6-10,16H2,1H3;8-9,12H,5-7H2,1-4H3,(H,13,14);1-4H,5-6H2;1-4H,5H2,(H,10,11);1H. The predicted molar refractivity (Wildman–Crippen MR) is 570 cm³/mol. The van der Waals surface area contributed by atoms with Crippen LogP contribution >= 0.6 is 121 Å². The number of likely N-dealkylation sites (tertiary alicyclic amines) is 4. The number of alkyl halides is 1. The molecule has 4 amide bonds. The van der Waals surface area contributed by atoms with E-state index in [0.29, 0.717) is 166 Å². The summed E-state index contributed by atoms with van der Waals surface area (Å²) in [4.78, 5) is 66.9. The van der Waals surface area contributed by atoms with Crippen molar-refractivity contribution < 1.29 is 76.4 Å². The van der Waals surface area contributed by atoms with Crippen LogP contribution in [0.5, 0.6) is 46.0 Å². The van der Waals surface area contributed by atoms with E-state index in [4.69, 9.17) is 151 Å². The summed E-state index contributed by atoms with van der Waals surface area (Å²) in [7, 11) is 0. The van der Waals surface area contributed by atoms with Gasteiger partial charge in [0.1, 0.15) is 83.6 Å². The highest BCUT2D eigenvalue weighted by Gasteiger charge is 2.33. The molecule has 0 radical (unpaired) electrons. The van der Waals surface area contributed by atoms with Gasteiger partial charge in [-0.05, 0) is 345 Å². The van der Waals surface area contributed by atoms with Crippen molar-refractivity contribution >= 4 is 151 Å². The smallest absolute Gasteiger partial charge is 0.407 e. The van der Waals surface area contributed by atoms with Crippen molar-refractivity contribution in [3.8, 4) is 46.0 Å². The van der Waals surface area contributed by atoms with Crippen molar-refractivity contribution in [1.29, 1.82) is 0 Å². The van der Waals surface area contributed by atoms with Crippen molar-refractivity contribution in [2.24, 2.45) is 35.3 Å². The van der Waals surface area contributed by atoms with E-state index < -0.39 is 17.2 Å². The topological polar surface area (TPSA) is 297 Å². The van der Waals surface area contributed by atoms with Gasteiger partial charge in [0.25, 0.3) is 11.8 Å². The molecular weight excluding hydrogens is 2040 g/mol. The van der Waals surface area contributed by atoms with Crippen LogP contribution in [0, 0.1) is 29.6 Å². The summed E-state index contributed by atoms with van der Waals surface area (Å²) in [5.41, 5.74) is 4.85. The van der Waals surface area contributed by atoms with Gasteiger partial charge in [-0.15, -0.1) is 12.4 Å². The van der Waals surface area contributed by atoms with Gasteiger partial charge in [-0.1, -0.05) is 109 Å². The Morgan fingerprint density at radius 1 is 0.350 bits per heavy atom. The molecule has 772 valence electrons. The van der Waals surface area contributed by atoms with Crippen molar-refractivity contribution in [3.05, 3.63) is 234 Å². The lowest BCUT2D eigenvalue weighted by atomic mass is 10.1. The molecule has 0 aliphatic carbocycles. The maximum atomic E-state index is 12.1. The Labute approximate surface area is 882 Å². The number of carbonyl (C=O) groups is 5. The zero-order valence-corrected chi connectivity index (χ0v) is 90.2. The van der Waals surface area contributed by atoms with Crippen LogP contribution in [0.3, 0.4) is 0 Å². The number of amides is 4. The number of hydrogen-bond donors (Lipinski definition) is 7. The highest BCUT2D eigenvalue weighted by atomic mass is 79.9. The Morgan fingerprint density at radius 2 is 0.579 bits per heavy atom. The van der Waals surface area contributed by atoms with Crippen LogP contribution in [0.25, 0.3) is 0 Å². The number of carboxylic acid groups (broad SMARTS) is 1. The average molecular weight is 2190 g/mol. The van der Waals surface area contributed by atoms with Crippen LogP contribution in [0.15, 0.2) is 194 Å². The number of alkyl carbamates (subject to hydrolysis) is 2. The fraction of sp³-hybridized carbons (Fsp3) is 0.490. The van der Waals surface area contributed by atoms with Gasteiger partial charge < -0.3 is 84.8 Å². The molecule has 36 heteroatoms. The van der Waals surface area contributed by atoms with Gasteiger partial charge in [0, 0.05) is 154 Å². The lowest BCUT2D eigenvalue weighted by Gasteiger charge is -2.21. The Morgan fingerprint density at radius 3 is 0.807 bits per heavy atom. The summed E-state index contributed by atoms with van der Waals surface area (Å²) in [6.07, 6.45) is 4.84. The molecule has 140 heavy (non-hydrogen) atoms. The number of benzene rings is 8. The van der Waals surface area contributed by atoms with E-state index in [1.807, 2.05) is 163 Å². The average Bonchev–Trinajstić information content (AvgIpc) is 1.73. The third-order valence-corrected chi connectivity index (χ3v) is 24.9. The lowest BCUT2D eigenvalue weighted by Crippen LogP contribution is -2.36. The first-order valence-electron chi connectivity index (χ1n) is 47.0. The molecule has 5 aliphatic rings. The second kappa shape index (κ2) is 65.4. The number of rotatable bonds is 37. The summed E-state index contributed by atoms with van der Waals surface area (Å²) in [5.74, 6) is 7.24. The number of carbonyl (C=O) groups excluding carboxylic acids is 4. The maximum absolute atomic E-state index is 12.1. The first-order valence-corrected chi connectivity index (χ1v) is 51.1. The fourth-order valence-electron chi connectivity index (χ4n) is 15.6. The third kappa shape index (κ3) is 52.0. The van der Waals surface area contributed by atoms with Gasteiger partial charge in [0.2, 0.25) is 0 Å². The number of nitrogens with one attached hydrogen (secondary N) is 5. The largest absolute Gasteiger partial charge is 0.493 e. The molecule has 10 atom stereocenters. The minimum atomic E-state index is -0.995. The number of halogens is 10. The molecular formula is C104H140BrCl9N10O16. The Bertz CT molecular complexity index is 4690. The molecule has 0 spiro atoms. The van der Waals surface area contributed by atoms with Crippen molar-refractivity contribution in [2.45, 2.75) is 150 Å². The summed E-state index contributed by atoms with van der Waals surface area (Å²) in [5, 5.41) is 29.6. The second-order valence-corrected chi connectivity index (χ2v) is 40.9. The fourth-order valence-corrected chi connectivity index (χ4v) is 16.8. The minimum Gasteiger partial charge on any atom is -0.493 e. The molecule has 8 aromatic carbocycles. The van der Waals surface area contributed by atoms with Crippen LogP contribution in [0.4, 0.5) is 9.59 Å². The number of nitrogens with two attached hydrogens (primary N) is 1. The van der Waals surface area contributed by atoms with E-state index in [2.05, 4.69) is 96.7 Å². The SMILES string of the molecule is CC1CC(CN)CN1CCOc1ccc(Cl)cc1.CC1CC(CNC(=O)COc2ccc(Cl)cc2)CN1CCOc1ccc(Cl)cc1.CC1CC(CNC(=O)COc2ccc(Cl)cc2)CN1CCOc1ccc(Cl)cc1.CC1CC(CNC(=O)OC(C)(C)C)CN1.CC1CC(CNC(=O)OC(C)(C)C)CN1CCOc1ccc(Cl)cc1.Cl.Clc1ccc(OCCBr)cc1.O=C(O)COc1ccc(Cl)cc1. The van der Waals surface area contributed by atoms with Gasteiger partial charge in [-0.2, -0.15) is 0 Å². The number of aliphatic carboxylic acids is 1. The Kier molecular flexibility index (Phi) is 56.3. The second-order valence-electron chi connectivity index (χ2n) is 36.6. The van der Waals surface area contributed by atoms with E-state index in [1.54, 1.807) is 72.8 Å². The zero-order chi connectivity index (χ0) is 101. The molecule has 0 aromatic heterocycles. The first kappa shape index (κ1) is 121. The highest BCUT2D eigenvalue weighted by molar-refractivity contribution is 9.09. The highest BCUT2D eigenvalue weighted by Crippen LogP contribution is 2.30. The monoisotopic (exact) mass is 2180 g/mol. The van der Waals surface area contributed by atoms with Gasteiger partial charge in [0.05, 0.1) is 6.61 Å². The van der Waals surface area contributed by atoms with E-state index in [9.17, 15) is 24.0 Å². The number of nitrogens with zero attached hydrogens (tertiary/aromatic N) is 4. The summed E-state index contributed by atoms with van der Waals surface area (Å²) in [6.45, 7) is 37.2. The molecule has 10 unspecified atom stereocenters. The molecule has 0 bridgehead atoms. The van der Waals surface area contributed by atoms with Gasteiger partial charge >= 0.3 is 18.2 Å². The summed E-state index contributed by atoms with van der Waals surface area (Å²) >= 11 is 49.7. The molecule has 8 aromatic rings. The Hall–Kier alpha value is -8.04. The Balaban J connectivity index is 0.000000257. The molecule has 5 fully saturated rings. The van der Waals surface area contributed by atoms with E-state index >= 15 is 0 Å². The van der Waals surface area contributed by atoms with E-state index in [-0.39, 0.29) is 56.2 Å². The minimum absolute atomic E-state index is 0. The molecule has 5 aliphatic heterocycles. The first-order chi connectivity index (χ1) is 66.3. The maximum Gasteiger partial charge on any atom is 0.407 e. The van der Waals surface area contributed by atoms with Gasteiger partial charge in [-0.3, -0.25) is 29.2 Å². The summed E-state index contributed by atoms with van der Waals surface area (Å²) in [6, 6.07) is 60.1. The quantitative estimate of drug-likeness (QED) is 0.0178. The zero-order valence-electron chi connectivity index (χ0n) is 81.8. The van der Waals surface area contributed by atoms with Crippen molar-refractivity contribution in [3.63, 3.8) is 0 Å². The molecule has 5 heterocycles. The van der Waals surface area contributed by atoms with Crippen molar-refractivity contribution in [2.75, 3.05) is 150 Å². The normalized spacial score (nSPS) is 19.2. The number of hydrogen-bond acceptors (Lipinski definition) is 21. The van der Waals surface area contributed by atoms with Crippen LogP contribution in [-0.2, 0) is 23.9 Å². The molecule has 5 saturated heterocycles. The van der Waals surface area contributed by atoms with Crippen LogP contribution in [0.1, 0.15) is 108 Å². The number of carboxylic acids is 1.